The van der Waals surface area contributed by atoms with Crippen LogP contribution in [0.25, 0.3) is 0 Å². The Morgan fingerprint density at radius 2 is 1.90 bits per heavy atom. The summed E-state index contributed by atoms with van der Waals surface area (Å²) < 4.78 is 0.291. The fourth-order valence-electron chi connectivity index (χ4n) is 2.71. The zero-order chi connectivity index (χ0) is 13.7. The largest absolute Gasteiger partial charge is 0.367 e. The quantitative estimate of drug-likeness (QED) is 0.901. The summed E-state index contributed by atoms with van der Waals surface area (Å²) in [5, 5.41) is 3.45. The minimum atomic E-state index is 0.291. The maximum Gasteiger partial charge on any atom is 0.144 e. The Hall–Kier alpha value is -1.55. The van der Waals surface area contributed by atoms with Crippen molar-refractivity contribution in [2.75, 3.05) is 11.9 Å². The first-order valence-corrected chi connectivity index (χ1v) is 7.92. The zero-order valence-corrected chi connectivity index (χ0v) is 12.3. The van der Waals surface area contributed by atoms with Crippen LogP contribution in [0, 0.1) is 0 Å². The van der Waals surface area contributed by atoms with Gasteiger partial charge in [0.05, 0.1) is 6.20 Å². The van der Waals surface area contributed by atoms with Gasteiger partial charge in [0.1, 0.15) is 5.82 Å². The van der Waals surface area contributed by atoms with Crippen LogP contribution in [-0.2, 0) is 0 Å². The highest BCUT2D eigenvalue weighted by molar-refractivity contribution is 8.00. The third-order valence-corrected chi connectivity index (χ3v) is 5.24. The van der Waals surface area contributed by atoms with Gasteiger partial charge in [-0.05, 0) is 25.0 Å². The smallest absolute Gasteiger partial charge is 0.144 e. The van der Waals surface area contributed by atoms with Crippen LogP contribution in [0.5, 0.6) is 0 Å². The van der Waals surface area contributed by atoms with Crippen molar-refractivity contribution in [2.24, 2.45) is 0 Å². The van der Waals surface area contributed by atoms with E-state index in [1.165, 1.54) is 30.6 Å². The Bertz CT molecular complexity index is 524. The van der Waals surface area contributed by atoms with Gasteiger partial charge in [-0.1, -0.05) is 31.0 Å². The molecule has 0 aliphatic heterocycles. The number of nitrogens with one attached hydrogen (secondary N) is 1. The Morgan fingerprint density at radius 1 is 1.10 bits per heavy atom. The van der Waals surface area contributed by atoms with Gasteiger partial charge in [-0.2, -0.15) is 0 Å². The SMILES string of the molecule is c1ccc(SC2(CNc3cnccn3)CCCC2)cc1. The van der Waals surface area contributed by atoms with Gasteiger partial charge in [0.15, 0.2) is 0 Å². The zero-order valence-electron chi connectivity index (χ0n) is 11.5. The van der Waals surface area contributed by atoms with Crippen LogP contribution in [-0.4, -0.2) is 21.3 Å². The van der Waals surface area contributed by atoms with Gasteiger partial charge in [0.2, 0.25) is 0 Å². The van der Waals surface area contributed by atoms with Crippen molar-refractivity contribution >= 4 is 17.6 Å². The Labute approximate surface area is 124 Å². The van der Waals surface area contributed by atoms with Gasteiger partial charge in [0.25, 0.3) is 0 Å². The lowest BCUT2D eigenvalue weighted by atomic mass is 10.1. The van der Waals surface area contributed by atoms with Crippen molar-refractivity contribution in [3.63, 3.8) is 0 Å². The maximum atomic E-state index is 4.29. The van der Waals surface area contributed by atoms with Gasteiger partial charge in [0, 0.05) is 28.6 Å². The molecule has 0 spiro atoms. The number of rotatable bonds is 5. The van der Waals surface area contributed by atoms with Crippen molar-refractivity contribution in [1.82, 2.24) is 9.97 Å². The molecule has 1 heterocycles. The van der Waals surface area contributed by atoms with Gasteiger partial charge >= 0.3 is 0 Å². The minimum absolute atomic E-state index is 0.291. The van der Waals surface area contributed by atoms with Crippen molar-refractivity contribution in [3.8, 4) is 0 Å². The molecule has 0 unspecified atom stereocenters. The Balaban J connectivity index is 1.68. The van der Waals surface area contributed by atoms with E-state index < -0.39 is 0 Å². The van der Waals surface area contributed by atoms with E-state index in [-0.39, 0.29) is 0 Å². The number of hydrogen-bond acceptors (Lipinski definition) is 4. The number of benzene rings is 1. The molecular weight excluding hydrogens is 266 g/mol. The second kappa shape index (κ2) is 6.27. The number of aromatic nitrogens is 2. The monoisotopic (exact) mass is 285 g/mol. The molecule has 3 rings (SSSR count). The summed E-state index contributed by atoms with van der Waals surface area (Å²) in [5.41, 5.74) is 0. The predicted molar refractivity (Wildman–Crippen MR) is 84.0 cm³/mol. The molecule has 0 saturated heterocycles. The van der Waals surface area contributed by atoms with Gasteiger partial charge in [-0.25, -0.2) is 4.98 Å². The van der Waals surface area contributed by atoms with Crippen LogP contribution in [0.1, 0.15) is 25.7 Å². The molecular formula is C16H19N3S. The summed E-state index contributed by atoms with van der Waals surface area (Å²) in [5.74, 6) is 0.868. The van der Waals surface area contributed by atoms with E-state index in [1.54, 1.807) is 18.6 Å². The summed E-state index contributed by atoms with van der Waals surface area (Å²) in [7, 11) is 0. The molecule has 3 nitrogen and oxygen atoms in total. The molecule has 1 aliphatic carbocycles. The van der Waals surface area contributed by atoms with Crippen molar-refractivity contribution in [3.05, 3.63) is 48.9 Å². The molecule has 1 fully saturated rings. The summed E-state index contributed by atoms with van der Waals surface area (Å²) >= 11 is 2.01. The maximum absolute atomic E-state index is 4.29. The molecule has 0 bridgehead atoms. The van der Waals surface area contributed by atoms with Crippen LogP contribution < -0.4 is 5.32 Å². The lowest BCUT2D eigenvalue weighted by Gasteiger charge is -2.28. The summed E-state index contributed by atoms with van der Waals surface area (Å²) in [6.07, 6.45) is 10.4. The summed E-state index contributed by atoms with van der Waals surface area (Å²) in [6.45, 7) is 0.950. The van der Waals surface area contributed by atoms with Crippen LogP contribution in [0.4, 0.5) is 5.82 Å². The molecule has 20 heavy (non-hydrogen) atoms. The van der Waals surface area contributed by atoms with Crippen molar-refractivity contribution in [1.29, 1.82) is 0 Å². The molecule has 0 radical (unpaired) electrons. The lowest BCUT2D eigenvalue weighted by molar-refractivity contribution is 0.636. The van der Waals surface area contributed by atoms with E-state index in [9.17, 15) is 0 Å². The number of hydrogen-bond donors (Lipinski definition) is 1. The van der Waals surface area contributed by atoms with E-state index in [0.29, 0.717) is 4.75 Å². The van der Waals surface area contributed by atoms with Crippen LogP contribution >= 0.6 is 11.8 Å². The molecule has 0 atom stereocenters. The first-order chi connectivity index (χ1) is 9.86. The second-order valence-electron chi connectivity index (χ2n) is 5.25. The molecule has 2 aromatic rings. The molecule has 1 aromatic heterocycles. The van der Waals surface area contributed by atoms with Gasteiger partial charge in [-0.15, -0.1) is 11.8 Å². The first kappa shape index (κ1) is 13.4. The van der Waals surface area contributed by atoms with Crippen LogP contribution in [0.15, 0.2) is 53.8 Å². The van der Waals surface area contributed by atoms with Crippen LogP contribution in [0.3, 0.4) is 0 Å². The van der Waals surface area contributed by atoms with Crippen molar-refractivity contribution < 1.29 is 0 Å². The average molecular weight is 285 g/mol. The number of nitrogens with zero attached hydrogens (tertiary/aromatic N) is 2. The lowest BCUT2D eigenvalue weighted by Crippen LogP contribution is -2.30. The standard InChI is InChI=1S/C16H19N3S/c1-2-6-14(7-3-1)20-16(8-4-5-9-16)13-19-15-12-17-10-11-18-15/h1-3,6-7,10-12H,4-5,8-9,13H2,(H,18,19). The molecule has 4 heteroatoms. The normalized spacial score (nSPS) is 17.0. The Morgan fingerprint density at radius 3 is 2.60 bits per heavy atom. The van der Waals surface area contributed by atoms with E-state index in [4.69, 9.17) is 0 Å². The highest BCUT2D eigenvalue weighted by Crippen LogP contribution is 2.45. The number of thioether (sulfide) groups is 1. The fraction of sp³-hybridized carbons (Fsp3) is 0.375. The van der Waals surface area contributed by atoms with E-state index in [1.807, 2.05) is 11.8 Å². The van der Waals surface area contributed by atoms with Gasteiger partial charge < -0.3 is 5.32 Å². The fourth-order valence-corrected chi connectivity index (χ4v) is 4.15. The highest BCUT2D eigenvalue weighted by Gasteiger charge is 2.34. The molecule has 0 amide bonds. The molecule has 1 aromatic carbocycles. The van der Waals surface area contributed by atoms with Crippen molar-refractivity contribution in [2.45, 2.75) is 35.3 Å². The Kier molecular flexibility index (Phi) is 4.21. The van der Waals surface area contributed by atoms with Gasteiger partial charge in [-0.3, -0.25) is 4.98 Å². The minimum Gasteiger partial charge on any atom is -0.367 e. The third kappa shape index (κ3) is 3.31. The van der Waals surface area contributed by atoms with E-state index >= 15 is 0 Å². The molecule has 104 valence electrons. The first-order valence-electron chi connectivity index (χ1n) is 7.10. The molecule has 1 N–H and O–H groups in total. The third-order valence-electron chi connectivity index (χ3n) is 3.75. The van der Waals surface area contributed by atoms with E-state index in [2.05, 4.69) is 45.6 Å². The van der Waals surface area contributed by atoms with Crippen LogP contribution in [0.2, 0.25) is 0 Å². The molecule has 1 aliphatic rings. The number of anilines is 1. The highest BCUT2D eigenvalue weighted by atomic mass is 32.2. The average Bonchev–Trinajstić information content (AvgIpc) is 2.96. The summed E-state index contributed by atoms with van der Waals surface area (Å²) in [4.78, 5) is 9.76. The molecule has 1 saturated carbocycles. The van der Waals surface area contributed by atoms with E-state index in [0.717, 1.165) is 12.4 Å². The predicted octanol–water partition coefficient (Wildman–Crippen LogP) is 3.99. The topological polar surface area (TPSA) is 37.8 Å². The summed E-state index contributed by atoms with van der Waals surface area (Å²) in [6, 6.07) is 10.7. The second-order valence-corrected chi connectivity index (χ2v) is 6.79.